The fourth-order valence-corrected chi connectivity index (χ4v) is 4.03. The molecular weight excluding hydrogens is 428 g/mol. The summed E-state index contributed by atoms with van der Waals surface area (Å²) in [5.41, 5.74) is 2.01. The van der Waals surface area contributed by atoms with E-state index in [0.29, 0.717) is 48.2 Å². The molecule has 3 aromatic rings. The van der Waals surface area contributed by atoms with Crippen molar-refractivity contribution in [2.24, 2.45) is 0 Å². The number of nitrogens with one attached hydrogen (secondary N) is 1. The van der Waals surface area contributed by atoms with Crippen molar-refractivity contribution in [3.05, 3.63) is 69.9 Å². The van der Waals surface area contributed by atoms with E-state index in [2.05, 4.69) is 5.32 Å². The van der Waals surface area contributed by atoms with Crippen LogP contribution in [0.5, 0.6) is 17.2 Å². The van der Waals surface area contributed by atoms with Crippen LogP contribution in [0.2, 0.25) is 0 Å². The minimum atomic E-state index is -0.205. The van der Waals surface area contributed by atoms with Crippen molar-refractivity contribution in [1.82, 2.24) is 4.90 Å². The summed E-state index contributed by atoms with van der Waals surface area (Å²) >= 11 is 1.64. The highest BCUT2D eigenvalue weighted by Crippen LogP contribution is 2.31. The summed E-state index contributed by atoms with van der Waals surface area (Å²) in [6, 6.07) is 14.8. The standard InChI is InChI=1S/C24H24N2O5S/c1-3-26(24(28)17-7-8-19-21(12-17)31-15-23(27)25-19)13-16-6-9-20(22(11-16)29-2)30-14-18-5-4-10-32-18/h4-12H,3,13-15H2,1-2H3,(H,25,27). The minimum Gasteiger partial charge on any atom is -0.493 e. The van der Waals surface area contributed by atoms with Gasteiger partial charge in [-0.25, -0.2) is 0 Å². The highest BCUT2D eigenvalue weighted by Gasteiger charge is 2.21. The average Bonchev–Trinajstić information content (AvgIpc) is 3.34. The van der Waals surface area contributed by atoms with Gasteiger partial charge in [0.2, 0.25) is 0 Å². The Labute approximate surface area is 190 Å². The number of hydrogen-bond donors (Lipinski definition) is 1. The number of thiophene rings is 1. The molecular formula is C24H24N2O5S. The van der Waals surface area contributed by atoms with Gasteiger partial charge in [0.05, 0.1) is 12.8 Å². The molecule has 0 radical (unpaired) electrons. The Morgan fingerprint density at radius 2 is 2.06 bits per heavy atom. The number of anilines is 1. The van der Waals surface area contributed by atoms with Crippen molar-refractivity contribution in [3.8, 4) is 17.2 Å². The summed E-state index contributed by atoms with van der Waals surface area (Å²) in [7, 11) is 1.60. The molecule has 32 heavy (non-hydrogen) atoms. The summed E-state index contributed by atoms with van der Waals surface area (Å²) in [6.07, 6.45) is 0. The van der Waals surface area contributed by atoms with Gasteiger partial charge < -0.3 is 24.4 Å². The van der Waals surface area contributed by atoms with Crippen LogP contribution in [0.1, 0.15) is 27.7 Å². The first-order valence-electron chi connectivity index (χ1n) is 10.3. The van der Waals surface area contributed by atoms with Crippen LogP contribution in [0.25, 0.3) is 0 Å². The number of carbonyl (C=O) groups is 2. The summed E-state index contributed by atoms with van der Waals surface area (Å²) < 4.78 is 16.8. The van der Waals surface area contributed by atoms with Crippen molar-refractivity contribution in [3.63, 3.8) is 0 Å². The lowest BCUT2D eigenvalue weighted by molar-refractivity contribution is -0.118. The van der Waals surface area contributed by atoms with Crippen molar-refractivity contribution in [2.75, 3.05) is 25.6 Å². The molecule has 0 atom stereocenters. The fraction of sp³-hybridized carbons (Fsp3) is 0.250. The van der Waals surface area contributed by atoms with E-state index in [0.717, 1.165) is 10.4 Å². The van der Waals surface area contributed by atoms with Gasteiger partial charge in [-0.3, -0.25) is 9.59 Å². The van der Waals surface area contributed by atoms with Crippen LogP contribution in [0, 0.1) is 0 Å². The Morgan fingerprint density at radius 1 is 1.19 bits per heavy atom. The molecule has 7 nitrogen and oxygen atoms in total. The molecule has 166 valence electrons. The zero-order valence-electron chi connectivity index (χ0n) is 17.9. The number of fused-ring (bicyclic) bond motifs is 1. The van der Waals surface area contributed by atoms with E-state index in [-0.39, 0.29) is 18.4 Å². The second-order valence-electron chi connectivity index (χ2n) is 7.22. The van der Waals surface area contributed by atoms with Gasteiger partial charge in [0.1, 0.15) is 12.4 Å². The van der Waals surface area contributed by atoms with E-state index in [1.165, 1.54) is 0 Å². The number of carbonyl (C=O) groups excluding carboxylic acids is 2. The van der Waals surface area contributed by atoms with Crippen LogP contribution in [0.15, 0.2) is 53.9 Å². The van der Waals surface area contributed by atoms with E-state index >= 15 is 0 Å². The van der Waals surface area contributed by atoms with Gasteiger partial charge in [0.25, 0.3) is 11.8 Å². The van der Waals surface area contributed by atoms with Crippen LogP contribution in [-0.4, -0.2) is 37.0 Å². The number of ether oxygens (including phenoxy) is 3. The number of hydrogen-bond acceptors (Lipinski definition) is 6. The maximum atomic E-state index is 13.1. The second kappa shape index (κ2) is 9.74. The van der Waals surface area contributed by atoms with Crippen LogP contribution in [0.3, 0.4) is 0 Å². The Morgan fingerprint density at radius 3 is 2.81 bits per heavy atom. The molecule has 0 aliphatic carbocycles. The number of methoxy groups -OCH3 is 1. The molecule has 0 bridgehead atoms. The first kappa shape index (κ1) is 21.7. The van der Waals surface area contributed by atoms with Crippen LogP contribution >= 0.6 is 11.3 Å². The van der Waals surface area contributed by atoms with Gasteiger partial charge in [-0.15, -0.1) is 11.3 Å². The van der Waals surface area contributed by atoms with Crippen LogP contribution in [0.4, 0.5) is 5.69 Å². The summed E-state index contributed by atoms with van der Waals surface area (Å²) in [5, 5.41) is 4.75. The second-order valence-corrected chi connectivity index (χ2v) is 8.25. The van der Waals surface area contributed by atoms with E-state index in [9.17, 15) is 9.59 Å². The number of amides is 2. The fourth-order valence-electron chi connectivity index (χ4n) is 3.41. The lowest BCUT2D eigenvalue weighted by Gasteiger charge is -2.23. The molecule has 0 fully saturated rings. The molecule has 8 heteroatoms. The van der Waals surface area contributed by atoms with Gasteiger partial charge in [0.15, 0.2) is 18.1 Å². The van der Waals surface area contributed by atoms with Crippen molar-refractivity contribution in [1.29, 1.82) is 0 Å². The highest BCUT2D eigenvalue weighted by molar-refractivity contribution is 7.09. The third kappa shape index (κ3) is 4.86. The van der Waals surface area contributed by atoms with Gasteiger partial charge in [-0.05, 0) is 54.3 Å². The van der Waals surface area contributed by atoms with E-state index in [1.807, 2.05) is 42.6 Å². The van der Waals surface area contributed by atoms with Crippen LogP contribution in [-0.2, 0) is 17.9 Å². The predicted molar refractivity (Wildman–Crippen MR) is 123 cm³/mol. The molecule has 2 amide bonds. The van der Waals surface area contributed by atoms with Gasteiger partial charge in [-0.1, -0.05) is 12.1 Å². The topological polar surface area (TPSA) is 77.1 Å². The normalized spacial score (nSPS) is 12.4. The molecule has 0 saturated carbocycles. The van der Waals surface area contributed by atoms with Gasteiger partial charge in [-0.2, -0.15) is 0 Å². The Kier molecular flexibility index (Phi) is 6.61. The predicted octanol–water partition coefficient (Wildman–Crippen LogP) is 4.33. The summed E-state index contributed by atoms with van der Waals surface area (Å²) in [4.78, 5) is 27.4. The van der Waals surface area contributed by atoms with Gasteiger partial charge in [0, 0.05) is 23.5 Å². The molecule has 0 spiro atoms. The maximum Gasteiger partial charge on any atom is 0.262 e. The Bertz CT molecular complexity index is 1110. The number of rotatable bonds is 8. The first-order valence-corrected chi connectivity index (χ1v) is 11.1. The molecule has 1 aliphatic heterocycles. The van der Waals surface area contributed by atoms with E-state index < -0.39 is 0 Å². The molecule has 0 unspecified atom stereocenters. The number of benzene rings is 2. The molecule has 1 aliphatic rings. The molecule has 1 aromatic heterocycles. The number of nitrogens with zero attached hydrogens (tertiary/aromatic N) is 1. The van der Waals surface area contributed by atoms with E-state index in [4.69, 9.17) is 14.2 Å². The monoisotopic (exact) mass is 452 g/mol. The molecule has 2 heterocycles. The molecule has 4 rings (SSSR count). The smallest absolute Gasteiger partial charge is 0.262 e. The minimum absolute atomic E-state index is 0.0527. The van der Waals surface area contributed by atoms with E-state index in [1.54, 1.807) is 41.5 Å². The third-order valence-electron chi connectivity index (χ3n) is 5.08. The molecule has 1 N–H and O–H groups in total. The Balaban J connectivity index is 1.46. The zero-order valence-corrected chi connectivity index (χ0v) is 18.7. The van der Waals surface area contributed by atoms with Gasteiger partial charge >= 0.3 is 0 Å². The SMILES string of the molecule is CCN(Cc1ccc(OCc2cccs2)c(OC)c1)C(=O)c1ccc2c(c1)OCC(=O)N2. The maximum absolute atomic E-state index is 13.1. The lowest BCUT2D eigenvalue weighted by Crippen LogP contribution is -2.31. The summed E-state index contributed by atoms with van der Waals surface area (Å²) in [5.74, 6) is 1.46. The quantitative estimate of drug-likeness (QED) is 0.551. The lowest BCUT2D eigenvalue weighted by atomic mass is 10.1. The first-order chi connectivity index (χ1) is 15.6. The van der Waals surface area contributed by atoms with Crippen LogP contribution < -0.4 is 19.5 Å². The Hall–Kier alpha value is -3.52. The zero-order chi connectivity index (χ0) is 22.5. The molecule has 0 saturated heterocycles. The summed E-state index contributed by atoms with van der Waals surface area (Å²) in [6.45, 7) is 3.32. The van der Waals surface area contributed by atoms with Crippen molar-refractivity contribution < 1.29 is 23.8 Å². The van der Waals surface area contributed by atoms with Crippen molar-refractivity contribution >= 4 is 28.8 Å². The van der Waals surface area contributed by atoms with Crippen molar-refractivity contribution in [2.45, 2.75) is 20.1 Å². The highest BCUT2D eigenvalue weighted by atomic mass is 32.1. The molecule has 2 aromatic carbocycles. The third-order valence-corrected chi connectivity index (χ3v) is 5.93. The average molecular weight is 453 g/mol. The largest absolute Gasteiger partial charge is 0.493 e.